The molecule has 178 valence electrons. The fourth-order valence-corrected chi connectivity index (χ4v) is 4.95. The molecular formula is C29H22N2O4S. The highest BCUT2D eigenvalue weighted by molar-refractivity contribution is 7.99. The zero-order chi connectivity index (χ0) is 24.9. The topological polar surface area (TPSA) is 77.4 Å². The molecular weight excluding hydrogens is 472 g/mol. The van der Waals surface area contributed by atoms with Gasteiger partial charge < -0.3 is 14.6 Å². The van der Waals surface area contributed by atoms with Crippen LogP contribution in [-0.4, -0.2) is 23.1 Å². The molecule has 0 aliphatic rings. The van der Waals surface area contributed by atoms with Gasteiger partial charge in [-0.1, -0.05) is 66.4 Å². The van der Waals surface area contributed by atoms with E-state index >= 15 is 0 Å². The van der Waals surface area contributed by atoms with Gasteiger partial charge in [-0.05, 0) is 48.5 Å². The van der Waals surface area contributed by atoms with E-state index in [-0.39, 0.29) is 12.0 Å². The average molecular weight is 495 g/mol. The number of ether oxygens (including phenoxy) is 1. The SMILES string of the molecule is O=C(COC(=O)Cn1c2ccccc2c(=O)c2ccccc21)Nc1ccccc1Sc1ccccc1. The molecule has 1 N–H and O–H groups in total. The third-order valence-corrected chi connectivity index (χ3v) is 6.75. The van der Waals surface area contributed by atoms with Crippen molar-refractivity contribution in [3.8, 4) is 0 Å². The Labute approximate surface area is 211 Å². The lowest BCUT2D eigenvalue weighted by Gasteiger charge is -2.15. The number of aromatic nitrogens is 1. The van der Waals surface area contributed by atoms with Gasteiger partial charge in [0.05, 0.1) is 16.7 Å². The Bertz CT molecular complexity index is 1570. The number of hydrogen-bond acceptors (Lipinski definition) is 5. The molecule has 4 aromatic carbocycles. The smallest absolute Gasteiger partial charge is 0.326 e. The van der Waals surface area contributed by atoms with Gasteiger partial charge in [0.2, 0.25) is 0 Å². The van der Waals surface area contributed by atoms with E-state index in [0.717, 1.165) is 9.79 Å². The number of carbonyl (C=O) groups is 2. The Kier molecular flexibility index (Phi) is 6.82. The summed E-state index contributed by atoms with van der Waals surface area (Å²) in [5, 5.41) is 3.88. The van der Waals surface area contributed by atoms with Crippen LogP contribution in [0.2, 0.25) is 0 Å². The predicted molar refractivity (Wildman–Crippen MR) is 142 cm³/mol. The van der Waals surface area contributed by atoms with E-state index in [1.165, 1.54) is 11.8 Å². The third kappa shape index (κ3) is 5.01. The highest BCUT2D eigenvalue weighted by Crippen LogP contribution is 2.33. The Morgan fingerprint density at radius 3 is 2.03 bits per heavy atom. The minimum Gasteiger partial charge on any atom is -0.454 e. The zero-order valence-corrected chi connectivity index (χ0v) is 20.0. The summed E-state index contributed by atoms with van der Waals surface area (Å²) in [7, 11) is 0. The molecule has 5 rings (SSSR count). The van der Waals surface area contributed by atoms with Crippen molar-refractivity contribution in [2.24, 2.45) is 0 Å². The molecule has 0 radical (unpaired) electrons. The summed E-state index contributed by atoms with van der Waals surface area (Å²) >= 11 is 1.53. The molecule has 36 heavy (non-hydrogen) atoms. The number of hydrogen-bond donors (Lipinski definition) is 1. The van der Waals surface area contributed by atoms with Crippen molar-refractivity contribution in [3.63, 3.8) is 0 Å². The van der Waals surface area contributed by atoms with Crippen LogP contribution in [0, 0.1) is 0 Å². The molecule has 0 saturated heterocycles. The second-order valence-electron chi connectivity index (χ2n) is 8.07. The van der Waals surface area contributed by atoms with E-state index in [9.17, 15) is 14.4 Å². The summed E-state index contributed by atoms with van der Waals surface area (Å²) < 4.78 is 7.06. The van der Waals surface area contributed by atoms with Gasteiger partial charge in [-0.3, -0.25) is 14.4 Å². The van der Waals surface area contributed by atoms with Crippen LogP contribution in [0.15, 0.2) is 118 Å². The molecule has 7 heteroatoms. The minimum atomic E-state index is -0.573. The van der Waals surface area contributed by atoms with Crippen LogP contribution < -0.4 is 10.7 Å². The number of carbonyl (C=O) groups excluding carboxylic acids is 2. The lowest BCUT2D eigenvalue weighted by molar-refractivity contribution is -0.147. The van der Waals surface area contributed by atoms with Crippen LogP contribution in [0.4, 0.5) is 5.69 Å². The Balaban J connectivity index is 1.29. The molecule has 0 unspecified atom stereocenters. The first kappa shape index (κ1) is 23.4. The third-order valence-electron chi connectivity index (χ3n) is 5.66. The van der Waals surface area contributed by atoms with Crippen LogP contribution in [0.3, 0.4) is 0 Å². The normalized spacial score (nSPS) is 10.9. The van der Waals surface area contributed by atoms with Gasteiger partial charge in [0.15, 0.2) is 12.0 Å². The summed E-state index contributed by atoms with van der Waals surface area (Å²) in [6.07, 6.45) is 0. The summed E-state index contributed by atoms with van der Waals surface area (Å²) in [4.78, 5) is 40.1. The maximum absolute atomic E-state index is 12.9. The van der Waals surface area contributed by atoms with Crippen molar-refractivity contribution in [1.82, 2.24) is 4.57 Å². The van der Waals surface area contributed by atoms with Crippen molar-refractivity contribution in [3.05, 3.63) is 113 Å². The first-order chi connectivity index (χ1) is 17.6. The highest BCUT2D eigenvalue weighted by atomic mass is 32.2. The number of para-hydroxylation sites is 3. The van der Waals surface area contributed by atoms with Gasteiger partial charge in [-0.15, -0.1) is 0 Å². The Hall–Kier alpha value is -4.36. The van der Waals surface area contributed by atoms with Crippen molar-refractivity contribution in [2.75, 3.05) is 11.9 Å². The number of benzene rings is 4. The van der Waals surface area contributed by atoms with Crippen molar-refractivity contribution in [2.45, 2.75) is 16.3 Å². The Morgan fingerprint density at radius 1 is 0.750 bits per heavy atom. The molecule has 0 spiro atoms. The number of nitrogens with zero attached hydrogens (tertiary/aromatic N) is 1. The Morgan fingerprint density at radius 2 is 1.33 bits per heavy atom. The van der Waals surface area contributed by atoms with E-state index < -0.39 is 18.5 Å². The van der Waals surface area contributed by atoms with Crippen LogP contribution in [0.25, 0.3) is 21.8 Å². The largest absolute Gasteiger partial charge is 0.454 e. The van der Waals surface area contributed by atoms with E-state index in [1.54, 1.807) is 41.0 Å². The van der Waals surface area contributed by atoms with Crippen LogP contribution in [-0.2, 0) is 20.9 Å². The number of nitrogens with one attached hydrogen (secondary N) is 1. The van der Waals surface area contributed by atoms with Gasteiger partial charge in [0.25, 0.3) is 5.91 Å². The zero-order valence-electron chi connectivity index (χ0n) is 19.2. The lowest BCUT2D eigenvalue weighted by Crippen LogP contribution is -2.24. The van der Waals surface area contributed by atoms with Crippen molar-refractivity contribution in [1.29, 1.82) is 0 Å². The van der Waals surface area contributed by atoms with Gasteiger partial charge in [0.1, 0.15) is 6.54 Å². The van der Waals surface area contributed by atoms with Crippen molar-refractivity contribution < 1.29 is 14.3 Å². The molecule has 1 heterocycles. The van der Waals surface area contributed by atoms with Crippen molar-refractivity contribution >= 4 is 51.1 Å². The fourth-order valence-electron chi connectivity index (χ4n) is 4.03. The maximum Gasteiger partial charge on any atom is 0.326 e. The quantitative estimate of drug-likeness (QED) is 0.239. The number of rotatable bonds is 7. The summed E-state index contributed by atoms with van der Waals surface area (Å²) in [5.74, 6) is -1.00. The van der Waals surface area contributed by atoms with Crippen LogP contribution in [0.5, 0.6) is 0 Å². The fraction of sp³-hybridized carbons (Fsp3) is 0.0690. The standard InChI is InChI=1S/C29H22N2O4S/c32-27(30-23-14-6-9-17-26(23)36-20-10-2-1-3-11-20)19-35-28(33)18-31-24-15-7-4-12-21(24)29(34)22-13-5-8-16-25(22)31/h1-17H,18-19H2,(H,30,32). The molecule has 0 atom stereocenters. The number of pyridine rings is 1. The van der Waals surface area contributed by atoms with Gasteiger partial charge in [0, 0.05) is 20.6 Å². The minimum absolute atomic E-state index is 0.0859. The van der Waals surface area contributed by atoms with E-state index in [2.05, 4.69) is 5.32 Å². The second kappa shape index (κ2) is 10.5. The number of anilines is 1. The van der Waals surface area contributed by atoms with Gasteiger partial charge >= 0.3 is 5.97 Å². The molecule has 0 bridgehead atoms. The summed E-state index contributed by atoms with van der Waals surface area (Å²) in [6.45, 7) is -0.547. The molecule has 0 aliphatic carbocycles. The summed E-state index contributed by atoms with van der Waals surface area (Å²) in [5.41, 5.74) is 1.82. The van der Waals surface area contributed by atoms with E-state index in [0.29, 0.717) is 27.5 Å². The number of amides is 1. The molecule has 5 aromatic rings. The predicted octanol–water partition coefficient (Wildman–Crippen LogP) is 5.49. The molecule has 0 fully saturated rings. The molecule has 0 saturated carbocycles. The van der Waals surface area contributed by atoms with Gasteiger partial charge in [-0.25, -0.2) is 0 Å². The lowest BCUT2D eigenvalue weighted by atomic mass is 10.1. The molecule has 6 nitrogen and oxygen atoms in total. The van der Waals surface area contributed by atoms with Gasteiger partial charge in [-0.2, -0.15) is 0 Å². The monoisotopic (exact) mass is 494 g/mol. The van der Waals surface area contributed by atoms with E-state index in [4.69, 9.17) is 4.74 Å². The molecule has 0 aliphatic heterocycles. The maximum atomic E-state index is 12.9. The molecule has 1 aromatic heterocycles. The average Bonchev–Trinajstić information content (AvgIpc) is 2.91. The number of esters is 1. The van der Waals surface area contributed by atoms with Crippen LogP contribution in [0.1, 0.15) is 0 Å². The first-order valence-corrected chi connectivity index (χ1v) is 12.2. The highest BCUT2D eigenvalue weighted by Gasteiger charge is 2.15. The molecule has 1 amide bonds. The summed E-state index contributed by atoms with van der Waals surface area (Å²) in [6, 6.07) is 31.6. The first-order valence-electron chi connectivity index (χ1n) is 11.4. The van der Waals surface area contributed by atoms with E-state index in [1.807, 2.05) is 66.7 Å². The second-order valence-corrected chi connectivity index (χ2v) is 9.19. The van der Waals surface area contributed by atoms with Crippen LogP contribution >= 0.6 is 11.8 Å². The number of fused-ring (bicyclic) bond motifs is 2.